The average molecular weight is 1950 g/mol. The third kappa shape index (κ3) is 83.2. The molecular weight excluding hydrogens is 1790 g/mol. The number of carboxylic acid groups (broad SMARTS) is 16. The van der Waals surface area contributed by atoms with Gasteiger partial charge in [0.05, 0.1) is 103 Å². The number of aliphatic carboxylic acids is 16. The summed E-state index contributed by atoms with van der Waals surface area (Å²) in [6.07, 6.45) is 6.66. The number of nitrogens with zero attached hydrogens (tertiary/aromatic N) is 14. The van der Waals surface area contributed by atoms with Crippen LogP contribution in [0.3, 0.4) is 0 Å². The maximum absolute atomic E-state index is 11.7. The molecule has 16 N–H and O–H groups in total. The lowest BCUT2D eigenvalue weighted by Crippen LogP contribution is -2.38. The van der Waals surface area contributed by atoms with Gasteiger partial charge in [-0.1, -0.05) is 12.8 Å². The van der Waals surface area contributed by atoms with Gasteiger partial charge in [-0.15, -0.1) is 0 Å². The van der Waals surface area contributed by atoms with Crippen LogP contribution in [0.4, 0.5) is 0 Å². The molecule has 0 aromatic carbocycles. The van der Waals surface area contributed by atoms with Gasteiger partial charge in [0.1, 0.15) is 0 Å². The van der Waals surface area contributed by atoms with E-state index < -0.39 is 95.5 Å². The zero-order valence-electron chi connectivity index (χ0n) is 80.3. The second-order valence-electron chi connectivity index (χ2n) is 34.7. The lowest BCUT2D eigenvalue weighted by molar-refractivity contribution is -0.139. The maximum atomic E-state index is 11.7. The lowest BCUT2D eigenvalue weighted by atomic mass is 10.1. The normalized spacial score (nSPS) is 11.9. The van der Waals surface area contributed by atoms with Crippen molar-refractivity contribution in [1.82, 2.24) is 68.6 Å². The van der Waals surface area contributed by atoms with Crippen molar-refractivity contribution in [3.63, 3.8) is 0 Å². The molecule has 0 atom stereocenters. The summed E-state index contributed by atoms with van der Waals surface area (Å²) in [6.45, 7) is 15.2. The van der Waals surface area contributed by atoms with Crippen molar-refractivity contribution in [1.29, 1.82) is 0 Å². The molecule has 0 aromatic rings. The standard InChI is InChI=1S/C90H164N14O32/c105-75(106)17-59-97(60-18-76(107)108)51-9-43-93(44-10-52-98(61-19-77(109)110)62-20-78(111)112)39-5-35-91(36-6-40-94(45-11-53-99(63-21-79(113)114)64-22-80(115)116)46-12-54-100(65-23-81(117)118)66-24-82(119)120)33-3-1-2-4-34-92(37-7-41-95(47-13-55-101(67-25-83(121)122)68-26-84(123)124)48-14-56-102(69-27-85(125)126)70-28-86(127)128)38-8-42-96(49-15-57-103(71-29-87(129)130)72-30-88(131)132)50-16-58-104(73-31-89(133)134)74-32-90(135)136/h1-74H2,(H,105,106)(H,107,108)(H,109,110)(H,111,112)(H,113,114)(H,115,116)(H,117,118)(H,119,120)(H,121,122)(H,123,124)(H,125,126)(H,127,128)(H,129,130)(H,131,132)(H,133,134)(H,135,136). The predicted molar refractivity (Wildman–Crippen MR) is 500 cm³/mol. The summed E-state index contributed by atoms with van der Waals surface area (Å²) in [5, 5.41) is 153. The summed E-state index contributed by atoms with van der Waals surface area (Å²) in [5.74, 6) is -16.6. The van der Waals surface area contributed by atoms with Crippen molar-refractivity contribution in [2.75, 3.05) is 275 Å². The summed E-state index contributed by atoms with van der Waals surface area (Å²) >= 11 is 0. The first-order valence-electron chi connectivity index (χ1n) is 48.3. The first-order valence-corrected chi connectivity index (χ1v) is 48.3. The highest BCUT2D eigenvalue weighted by molar-refractivity contribution is 5.72. The van der Waals surface area contributed by atoms with Crippen LogP contribution in [-0.2, 0) is 76.7 Å². The van der Waals surface area contributed by atoms with Crippen LogP contribution in [0.2, 0.25) is 0 Å². The Hall–Kier alpha value is -9.04. The van der Waals surface area contributed by atoms with Gasteiger partial charge in [-0.3, -0.25) is 76.7 Å². The first-order chi connectivity index (χ1) is 64.7. The third-order valence-electron chi connectivity index (χ3n) is 23.4. The van der Waals surface area contributed by atoms with Gasteiger partial charge < -0.3 is 150 Å². The molecule has 0 spiro atoms. The Bertz CT molecular complexity index is 2630. The summed E-state index contributed by atoms with van der Waals surface area (Å²) in [6, 6.07) is 0. The molecule has 0 aliphatic rings. The molecule has 0 saturated carbocycles. The Morgan fingerprint density at radius 3 is 0.213 bits per heavy atom. The minimum Gasteiger partial charge on any atom is -0.481 e. The fraction of sp³-hybridized carbons (Fsp3) is 0.822. The van der Waals surface area contributed by atoms with Crippen LogP contribution >= 0.6 is 0 Å². The van der Waals surface area contributed by atoms with Crippen molar-refractivity contribution < 1.29 is 158 Å². The molecule has 0 aromatic heterocycles. The van der Waals surface area contributed by atoms with Crippen molar-refractivity contribution >= 4 is 95.5 Å². The van der Waals surface area contributed by atoms with E-state index in [0.717, 1.165) is 25.7 Å². The van der Waals surface area contributed by atoms with Crippen LogP contribution < -0.4 is 0 Å². The molecular formula is C90H164N14O32. The number of hydrogen-bond acceptors (Lipinski definition) is 30. The van der Waals surface area contributed by atoms with E-state index >= 15 is 0 Å². The van der Waals surface area contributed by atoms with Gasteiger partial charge >= 0.3 is 95.5 Å². The Kier molecular flexibility index (Phi) is 76.5. The quantitative estimate of drug-likeness (QED) is 0.0389. The van der Waals surface area contributed by atoms with Gasteiger partial charge in [0.15, 0.2) is 0 Å². The molecule has 136 heavy (non-hydrogen) atoms. The zero-order chi connectivity index (χ0) is 102. The monoisotopic (exact) mass is 1950 g/mol. The summed E-state index contributed by atoms with van der Waals surface area (Å²) < 4.78 is 0. The van der Waals surface area contributed by atoms with Gasteiger partial charge in [-0.05, 0) is 260 Å². The van der Waals surface area contributed by atoms with E-state index in [4.69, 9.17) is 0 Å². The van der Waals surface area contributed by atoms with E-state index in [1.165, 1.54) is 0 Å². The third-order valence-corrected chi connectivity index (χ3v) is 23.4. The van der Waals surface area contributed by atoms with E-state index in [9.17, 15) is 158 Å². The number of rotatable bonds is 103. The van der Waals surface area contributed by atoms with E-state index in [0.29, 0.717) is 247 Å². The van der Waals surface area contributed by atoms with E-state index in [1.54, 1.807) is 39.2 Å². The Balaban J connectivity index is 8.07. The van der Waals surface area contributed by atoms with Gasteiger partial charge in [0.2, 0.25) is 0 Å². The highest BCUT2D eigenvalue weighted by Gasteiger charge is 2.23. The van der Waals surface area contributed by atoms with Crippen molar-refractivity contribution in [3.05, 3.63) is 0 Å². The fourth-order valence-electron chi connectivity index (χ4n) is 16.0. The van der Waals surface area contributed by atoms with Crippen LogP contribution in [0.1, 0.15) is 205 Å². The van der Waals surface area contributed by atoms with E-state index in [2.05, 4.69) is 29.4 Å². The van der Waals surface area contributed by atoms with Gasteiger partial charge in [-0.2, -0.15) is 0 Å². The van der Waals surface area contributed by atoms with Gasteiger partial charge in [0.25, 0.3) is 0 Å². The van der Waals surface area contributed by atoms with E-state index in [1.807, 2.05) is 0 Å². The second-order valence-corrected chi connectivity index (χ2v) is 34.7. The number of carboxylic acids is 16. The molecule has 0 aliphatic heterocycles. The number of unbranched alkanes of at least 4 members (excludes halogenated alkanes) is 3. The summed E-state index contributed by atoms with van der Waals surface area (Å²) in [4.78, 5) is 215. The Morgan fingerprint density at radius 2 is 0.147 bits per heavy atom. The highest BCUT2D eigenvalue weighted by atomic mass is 16.4. The van der Waals surface area contributed by atoms with Gasteiger partial charge in [0, 0.05) is 105 Å². The smallest absolute Gasteiger partial charge is 0.304 e. The predicted octanol–water partition coefficient (Wildman–Crippen LogP) is 3.05. The molecule has 0 fully saturated rings. The minimum absolute atomic E-state index is 0.125. The molecule has 0 unspecified atom stereocenters. The topological polar surface area (TPSA) is 642 Å². The molecule has 0 bridgehead atoms. The molecule has 46 nitrogen and oxygen atoms in total. The molecule has 0 rings (SSSR count). The highest BCUT2D eigenvalue weighted by Crippen LogP contribution is 2.15. The van der Waals surface area contributed by atoms with Crippen molar-refractivity contribution in [2.24, 2.45) is 0 Å². The minimum atomic E-state index is -1.04. The molecule has 0 heterocycles. The van der Waals surface area contributed by atoms with Crippen molar-refractivity contribution in [3.8, 4) is 0 Å². The summed E-state index contributed by atoms with van der Waals surface area (Å²) in [7, 11) is 0. The van der Waals surface area contributed by atoms with Crippen LogP contribution in [0.15, 0.2) is 0 Å². The Labute approximate surface area is 799 Å². The average Bonchev–Trinajstić information content (AvgIpc) is 0.941. The molecule has 0 saturated heterocycles. The van der Waals surface area contributed by atoms with Crippen molar-refractivity contribution in [2.45, 2.75) is 205 Å². The Morgan fingerprint density at radius 1 is 0.0882 bits per heavy atom. The largest absolute Gasteiger partial charge is 0.481 e. The SMILES string of the molecule is O=C(O)CCN(CCCN(CCCN(CCCCCCN(CCCN(CCCN(CCC(=O)O)CCC(=O)O)CCCN(CCC(=O)O)CCC(=O)O)CCCN(CCCN(CCC(=O)O)CCC(=O)O)CCCN(CCC(=O)O)CCC(=O)O)CCCN(CCCN(CCC(=O)O)CCC(=O)O)CCCN(CCC(=O)O)CCC(=O)O)CCCN(CCC(=O)O)CCC(=O)O)CCC(=O)O. The molecule has 0 amide bonds. The van der Waals surface area contributed by atoms with Crippen LogP contribution in [0, 0.1) is 0 Å². The molecule has 46 heteroatoms. The number of hydrogen-bond donors (Lipinski definition) is 16. The van der Waals surface area contributed by atoms with Crippen LogP contribution in [-0.4, -0.2) is 521 Å². The van der Waals surface area contributed by atoms with Gasteiger partial charge in [-0.25, -0.2) is 0 Å². The lowest BCUT2D eigenvalue weighted by Gasteiger charge is -2.30. The first kappa shape index (κ1) is 127. The van der Waals surface area contributed by atoms with E-state index in [-0.39, 0.29) is 207 Å². The maximum Gasteiger partial charge on any atom is 0.304 e. The molecule has 0 aliphatic carbocycles. The van der Waals surface area contributed by atoms with Crippen LogP contribution in [0.5, 0.6) is 0 Å². The van der Waals surface area contributed by atoms with Crippen LogP contribution in [0.25, 0.3) is 0 Å². The fourth-order valence-corrected chi connectivity index (χ4v) is 16.0. The molecule has 0 radical (unpaired) electrons. The zero-order valence-corrected chi connectivity index (χ0v) is 80.3. The molecule has 786 valence electrons. The number of carbonyl (C=O) groups is 16. The summed E-state index contributed by atoms with van der Waals surface area (Å²) in [5.41, 5.74) is 0. The second kappa shape index (κ2) is 81.9.